The molecule has 1 aromatic heterocycles. The molecular formula is C24H32ClN3O2S. The molecule has 1 fully saturated rings. The number of carbonyl (C=O) groups excluding carboxylic acids is 2. The minimum absolute atomic E-state index is 0.0211. The Morgan fingerprint density at radius 1 is 1.13 bits per heavy atom. The van der Waals surface area contributed by atoms with Gasteiger partial charge in [-0.2, -0.15) is 0 Å². The zero-order valence-corrected chi connectivity index (χ0v) is 20.4. The quantitative estimate of drug-likeness (QED) is 0.654. The monoisotopic (exact) mass is 461 g/mol. The normalized spacial score (nSPS) is 15.4. The van der Waals surface area contributed by atoms with Crippen LogP contribution >= 0.6 is 22.9 Å². The fourth-order valence-corrected chi connectivity index (χ4v) is 5.21. The minimum Gasteiger partial charge on any atom is -0.355 e. The molecule has 0 unspecified atom stereocenters. The van der Waals surface area contributed by atoms with Gasteiger partial charge in [-0.15, -0.1) is 11.3 Å². The van der Waals surface area contributed by atoms with Crippen LogP contribution in [0.1, 0.15) is 36.4 Å². The molecule has 0 aliphatic carbocycles. The summed E-state index contributed by atoms with van der Waals surface area (Å²) in [7, 11) is 4.09. The molecule has 2 heterocycles. The molecule has 1 aromatic carbocycles. The van der Waals surface area contributed by atoms with Crippen LogP contribution in [-0.2, 0) is 4.79 Å². The highest BCUT2D eigenvalue weighted by Gasteiger charge is 2.29. The Hall–Kier alpha value is -1.89. The van der Waals surface area contributed by atoms with Gasteiger partial charge in [0.05, 0.1) is 4.88 Å². The van der Waals surface area contributed by atoms with E-state index in [1.807, 2.05) is 55.4 Å². The maximum absolute atomic E-state index is 12.9. The SMILES string of the molecule is CN(C)CC(C)(C)CNC(=O)C1CCN(C(=O)c2ccc(-c3ccc(Cl)cc3)s2)CC1. The van der Waals surface area contributed by atoms with Crippen molar-refractivity contribution < 1.29 is 9.59 Å². The summed E-state index contributed by atoms with van der Waals surface area (Å²) in [6, 6.07) is 11.5. The lowest BCUT2D eigenvalue weighted by Crippen LogP contribution is -2.45. The van der Waals surface area contributed by atoms with Crippen LogP contribution in [0.4, 0.5) is 0 Å². The Morgan fingerprint density at radius 3 is 2.39 bits per heavy atom. The number of hydrogen-bond acceptors (Lipinski definition) is 4. The maximum Gasteiger partial charge on any atom is 0.263 e. The van der Waals surface area contributed by atoms with Gasteiger partial charge in [0.1, 0.15) is 0 Å². The summed E-state index contributed by atoms with van der Waals surface area (Å²) in [5.74, 6) is 0.142. The van der Waals surface area contributed by atoms with Crippen LogP contribution in [0.3, 0.4) is 0 Å². The van der Waals surface area contributed by atoms with Crippen molar-refractivity contribution in [1.82, 2.24) is 15.1 Å². The molecule has 3 rings (SSSR count). The lowest BCUT2D eigenvalue weighted by atomic mass is 9.91. The van der Waals surface area contributed by atoms with Crippen molar-refractivity contribution in [2.45, 2.75) is 26.7 Å². The summed E-state index contributed by atoms with van der Waals surface area (Å²) in [4.78, 5) is 31.4. The molecule has 0 bridgehead atoms. The fourth-order valence-electron chi connectivity index (χ4n) is 4.11. The van der Waals surface area contributed by atoms with Crippen LogP contribution in [0.2, 0.25) is 5.02 Å². The largest absolute Gasteiger partial charge is 0.355 e. The van der Waals surface area contributed by atoms with Gasteiger partial charge >= 0.3 is 0 Å². The first-order valence-electron chi connectivity index (χ1n) is 10.7. The molecule has 2 aromatic rings. The highest BCUT2D eigenvalue weighted by Crippen LogP contribution is 2.30. The van der Waals surface area contributed by atoms with E-state index in [1.165, 1.54) is 11.3 Å². The van der Waals surface area contributed by atoms with Gasteiger partial charge in [0.25, 0.3) is 5.91 Å². The Kier molecular flexibility index (Phi) is 7.78. The molecule has 1 aliphatic rings. The van der Waals surface area contributed by atoms with Crippen LogP contribution < -0.4 is 5.32 Å². The molecule has 31 heavy (non-hydrogen) atoms. The molecule has 7 heteroatoms. The highest BCUT2D eigenvalue weighted by atomic mass is 35.5. The van der Waals surface area contributed by atoms with E-state index in [2.05, 4.69) is 24.1 Å². The van der Waals surface area contributed by atoms with Gasteiger partial charge in [0, 0.05) is 42.0 Å². The molecule has 1 saturated heterocycles. The Labute approximate surface area is 194 Å². The van der Waals surface area contributed by atoms with Crippen molar-refractivity contribution >= 4 is 34.8 Å². The van der Waals surface area contributed by atoms with E-state index in [1.54, 1.807) is 0 Å². The van der Waals surface area contributed by atoms with Gasteiger partial charge in [0.15, 0.2) is 0 Å². The number of nitrogens with one attached hydrogen (secondary N) is 1. The first-order valence-corrected chi connectivity index (χ1v) is 11.9. The minimum atomic E-state index is -0.0211. The van der Waals surface area contributed by atoms with Gasteiger partial charge in [-0.3, -0.25) is 9.59 Å². The van der Waals surface area contributed by atoms with Gasteiger partial charge in [0.2, 0.25) is 5.91 Å². The predicted octanol–water partition coefficient (Wildman–Crippen LogP) is 4.62. The van der Waals surface area contributed by atoms with Crippen molar-refractivity contribution in [3.05, 3.63) is 46.3 Å². The number of likely N-dealkylation sites (tertiary alicyclic amines) is 1. The van der Waals surface area contributed by atoms with Crippen molar-refractivity contribution in [2.75, 3.05) is 40.3 Å². The van der Waals surface area contributed by atoms with Gasteiger partial charge in [-0.05, 0) is 62.2 Å². The fraction of sp³-hybridized carbons (Fsp3) is 0.500. The number of benzene rings is 1. The molecule has 0 spiro atoms. The predicted molar refractivity (Wildman–Crippen MR) is 129 cm³/mol. The number of hydrogen-bond donors (Lipinski definition) is 1. The van der Waals surface area contributed by atoms with Crippen molar-refractivity contribution in [1.29, 1.82) is 0 Å². The molecule has 1 aliphatic heterocycles. The van der Waals surface area contributed by atoms with E-state index >= 15 is 0 Å². The zero-order chi connectivity index (χ0) is 22.6. The number of amides is 2. The molecular weight excluding hydrogens is 430 g/mol. The van der Waals surface area contributed by atoms with E-state index < -0.39 is 0 Å². The van der Waals surface area contributed by atoms with Crippen LogP contribution in [0, 0.1) is 11.3 Å². The summed E-state index contributed by atoms with van der Waals surface area (Å²) in [5.41, 5.74) is 1.08. The van der Waals surface area contributed by atoms with Crippen LogP contribution in [0.15, 0.2) is 36.4 Å². The third kappa shape index (κ3) is 6.55. The summed E-state index contributed by atoms with van der Waals surface area (Å²) in [5, 5.41) is 3.82. The van der Waals surface area contributed by atoms with Gasteiger partial charge in [-0.1, -0.05) is 37.6 Å². The average molecular weight is 462 g/mol. The molecule has 0 atom stereocenters. The first-order chi connectivity index (χ1) is 14.6. The average Bonchev–Trinajstić information content (AvgIpc) is 3.21. The van der Waals surface area contributed by atoms with Crippen molar-refractivity contribution in [3.63, 3.8) is 0 Å². The van der Waals surface area contributed by atoms with Crippen LogP contribution in [0.25, 0.3) is 10.4 Å². The molecule has 0 radical (unpaired) electrons. The molecule has 5 nitrogen and oxygen atoms in total. The Balaban J connectivity index is 1.51. The maximum atomic E-state index is 12.9. The molecule has 2 amide bonds. The molecule has 0 saturated carbocycles. The number of rotatable bonds is 7. The van der Waals surface area contributed by atoms with Crippen LogP contribution in [0.5, 0.6) is 0 Å². The van der Waals surface area contributed by atoms with Gasteiger partial charge in [-0.25, -0.2) is 0 Å². The smallest absolute Gasteiger partial charge is 0.263 e. The first kappa shape index (κ1) is 23.8. The van der Waals surface area contributed by atoms with E-state index in [0.29, 0.717) is 37.5 Å². The second-order valence-corrected chi connectivity index (χ2v) is 10.9. The third-order valence-electron chi connectivity index (χ3n) is 5.58. The van der Waals surface area contributed by atoms with Gasteiger partial charge < -0.3 is 15.1 Å². The van der Waals surface area contributed by atoms with E-state index in [0.717, 1.165) is 21.9 Å². The summed E-state index contributed by atoms with van der Waals surface area (Å²) < 4.78 is 0. The highest BCUT2D eigenvalue weighted by molar-refractivity contribution is 7.17. The second-order valence-electron chi connectivity index (χ2n) is 9.36. The topological polar surface area (TPSA) is 52.7 Å². The van der Waals surface area contributed by atoms with Crippen molar-refractivity contribution in [3.8, 4) is 10.4 Å². The summed E-state index contributed by atoms with van der Waals surface area (Å²) >= 11 is 7.46. The van der Waals surface area contributed by atoms with Crippen LogP contribution in [-0.4, -0.2) is 61.9 Å². The second kappa shape index (κ2) is 10.2. The zero-order valence-electron chi connectivity index (χ0n) is 18.8. The van der Waals surface area contributed by atoms with E-state index in [4.69, 9.17) is 11.6 Å². The number of carbonyl (C=O) groups is 2. The lowest BCUT2D eigenvalue weighted by molar-refractivity contribution is -0.126. The lowest BCUT2D eigenvalue weighted by Gasteiger charge is -2.33. The van der Waals surface area contributed by atoms with Crippen molar-refractivity contribution in [2.24, 2.45) is 11.3 Å². The number of nitrogens with zero attached hydrogens (tertiary/aromatic N) is 2. The molecule has 168 valence electrons. The standard InChI is InChI=1S/C24H32ClN3O2S/c1-24(2,16-27(3)4)15-26-22(29)18-11-13-28(14-12-18)23(30)21-10-9-20(31-21)17-5-7-19(25)8-6-17/h5-10,18H,11-16H2,1-4H3,(H,26,29). The summed E-state index contributed by atoms with van der Waals surface area (Å²) in [6.45, 7) is 7.13. The molecule has 1 N–H and O–H groups in total. The Morgan fingerprint density at radius 2 is 1.77 bits per heavy atom. The Bertz CT molecular complexity index is 900. The number of halogens is 1. The number of piperidine rings is 1. The summed E-state index contributed by atoms with van der Waals surface area (Å²) in [6.07, 6.45) is 1.42. The number of thiophene rings is 1. The van der Waals surface area contributed by atoms with E-state index in [9.17, 15) is 9.59 Å². The third-order valence-corrected chi connectivity index (χ3v) is 6.96. The van der Waals surface area contributed by atoms with E-state index in [-0.39, 0.29) is 23.1 Å².